The summed E-state index contributed by atoms with van der Waals surface area (Å²) in [5.41, 5.74) is 15.3. The third-order valence-corrected chi connectivity index (χ3v) is 10.5. The van der Waals surface area contributed by atoms with Gasteiger partial charge in [-0.1, -0.05) is 114 Å². The molecule has 0 N–H and O–H groups in total. The average Bonchev–Trinajstić information content (AvgIpc) is 3.45. The lowest BCUT2D eigenvalue weighted by atomic mass is 9.82. The fourth-order valence-corrected chi connectivity index (χ4v) is 7.82. The maximum Gasteiger partial charge on any atom is 0.330 e. The highest BCUT2D eigenvalue weighted by atomic mass is 16.5. The van der Waals surface area contributed by atoms with Crippen molar-refractivity contribution in [2.75, 3.05) is 11.5 Å². The summed E-state index contributed by atoms with van der Waals surface area (Å²) in [7, 11) is 0. The number of carbonyl (C=O) groups is 1. The highest BCUT2D eigenvalue weighted by Gasteiger charge is 2.37. The number of ether oxygens (including phenoxy) is 1. The van der Waals surface area contributed by atoms with Crippen LogP contribution in [-0.2, 0) is 26.8 Å². The van der Waals surface area contributed by atoms with E-state index in [1.807, 2.05) is 0 Å². The van der Waals surface area contributed by atoms with Gasteiger partial charge >= 0.3 is 5.97 Å². The first-order chi connectivity index (χ1) is 22.6. The molecule has 2 aliphatic carbocycles. The molecule has 0 bridgehead atoms. The van der Waals surface area contributed by atoms with Gasteiger partial charge in [-0.15, -0.1) is 0 Å². The minimum Gasteiger partial charge on any atom is -0.463 e. The molecular weight excluding hydrogens is 574 g/mol. The lowest BCUT2D eigenvalue weighted by Gasteiger charge is -2.30. The molecule has 5 aromatic carbocycles. The highest BCUT2D eigenvalue weighted by Crippen LogP contribution is 2.53. The fraction of sp³-hybridized carbons (Fsp3) is 0.250. The number of benzene rings is 5. The van der Waals surface area contributed by atoms with E-state index in [9.17, 15) is 4.79 Å². The SMILES string of the molecule is C=CC(=O)OCCC(C)Cc1ccc(N(c2ccc3c(c2)C(C)(C)c2ccccc2-3)c2ccc3c(c2)C(C)(C)c2ccccc2-3)cc1. The second kappa shape index (κ2) is 11.7. The van der Waals surface area contributed by atoms with E-state index in [1.54, 1.807) is 0 Å². The molecule has 0 heterocycles. The topological polar surface area (TPSA) is 29.5 Å². The number of rotatable bonds is 9. The minimum absolute atomic E-state index is 0.0881. The zero-order valence-corrected chi connectivity index (χ0v) is 28.1. The van der Waals surface area contributed by atoms with E-state index < -0.39 is 0 Å². The molecule has 0 saturated heterocycles. The number of fused-ring (bicyclic) bond motifs is 6. The normalized spacial score (nSPS) is 15.2. The van der Waals surface area contributed by atoms with Crippen molar-refractivity contribution in [3.05, 3.63) is 150 Å². The zero-order valence-electron chi connectivity index (χ0n) is 28.1. The Morgan fingerprint density at radius 2 is 1.15 bits per heavy atom. The van der Waals surface area contributed by atoms with Crippen LogP contribution in [0, 0.1) is 5.92 Å². The van der Waals surface area contributed by atoms with Crippen LogP contribution in [0.4, 0.5) is 17.1 Å². The van der Waals surface area contributed by atoms with Gasteiger partial charge in [0.05, 0.1) is 6.61 Å². The molecule has 0 spiro atoms. The van der Waals surface area contributed by atoms with E-state index in [0.717, 1.165) is 29.9 Å². The summed E-state index contributed by atoms with van der Waals surface area (Å²) in [5.74, 6) is 0.0232. The maximum absolute atomic E-state index is 11.5. The Kier molecular flexibility index (Phi) is 7.67. The number of hydrogen-bond donors (Lipinski definition) is 0. The Hall–Kier alpha value is -4.89. The maximum atomic E-state index is 11.5. The van der Waals surface area contributed by atoms with Gasteiger partial charge in [0.2, 0.25) is 0 Å². The van der Waals surface area contributed by atoms with Crippen LogP contribution in [-0.4, -0.2) is 12.6 Å². The molecular formula is C44H43NO2. The molecule has 47 heavy (non-hydrogen) atoms. The molecule has 3 nitrogen and oxygen atoms in total. The van der Waals surface area contributed by atoms with E-state index in [2.05, 4.69) is 155 Å². The summed E-state index contributed by atoms with van der Waals surface area (Å²) in [4.78, 5) is 13.9. The van der Waals surface area contributed by atoms with Gasteiger partial charge in [0.15, 0.2) is 0 Å². The van der Waals surface area contributed by atoms with Crippen molar-refractivity contribution in [3.8, 4) is 22.3 Å². The minimum atomic E-state index is -0.362. The van der Waals surface area contributed by atoms with Gasteiger partial charge in [-0.3, -0.25) is 0 Å². The smallest absolute Gasteiger partial charge is 0.330 e. The highest BCUT2D eigenvalue weighted by molar-refractivity contribution is 5.88. The van der Waals surface area contributed by atoms with Crippen LogP contribution >= 0.6 is 0 Å². The summed E-state index contributed by atoms with van der Waals surface area (Å²) in [6, 6.07) is 40.6. The van der Waals surface area contributed by atoms with Crippen LogP contribution in [0.2, 0.25) is 0 Å². The summed E-state index contributed by atoms with van der Waals surface area (Å²) in [5, 5.41) is 0. The molecule has 5 aromatic rings. The number of carbonyl (C=O) groups excluding carboxylic acids is 1. The van der Waals surface area contributed by atoms with Crippen LogP contribution in [0.25, 0.3) is 22.3 Å². The van der Waals surface area contributed by atoms with Gasteiger partial charge in [0, 0.05) is 34.0 Å². The van der Waals surface area contributed by atoms with Crippen LogP contribution in [0.3, 0.4) is 0 Å². The van der Waals surface area contributed by atoms with E-state index in [-0.39, 0.29) is 16.8 Å². The van der Waals surface area contributed by atoms with Crippen LogP contribution in [0.15, 0.2) is 122 Å². The number of nitrogens with zero attached hydrogens (tertiary/aromatic N) is 1. The number of esters is 1. The molecule has 0 aliphatic heterocycles. The second-order valence-electron chi connectivity index (χ2n) is 14.3. The Labute approximate surface area is 279 Å². The lowest BCUT2D eigenvalue weighted by Crippen LogP contribution is -2.18. The molecule has 1 unspecified atom stereocenters. The van der Waals surface area contributed by atoms with Crippen molar-refractivity contribution < 1.29 is 9.53 Å². The summed E-state index contributed by atoms with van der Waals surface area (Å²) in [6.07, 6.45) is 2.95. The van der Waals surface area contributed by atoms with Crippen molar-refractivity contribution in [1.29, 1.82) is 0 Å². The Bertz CT molecular complexity index is 1890. The first kappa shape index (κ1) is 30.7. The summed E-state index contributed by atoms with van der Waals surface area (Å²) < 4.78 is 5.22. The van der Waals surface area contributed by atoms with Crippen LogP contribution < -0.4 is 4.90 Å². The van der Waals surface area contributed by atoms with E-state index in [4.69, 9.17) is 4.74 Å². The molecule has 0 amide bonds. The van der Waals surface area contributed by atoms with Crippen molar-refractivity contribution in [2.24, 2.45) is 5.92 Å². The van der Waals surface area contributed by atoms with Crippen LogP contribution in [0.5, 0.6) is 0 Å². The van der Waals surface area contributed by atoms with Crippen molar-refractivity contribution in [2.45, 2.75) is 58.3 Å². The van der Waals surface area contributed by atoms with Gasteiger partial charge in [-0.05, 0) is 105 Å². The Morgan fingerprint density at radius 1 is 0.681 bits per heavy atom. The van der Waals surface area contributed by atoms with Gasteiger partial charge in [-0.25, -0.2) is 4.79 Å². The monoisotopic (exact) mass is 617 g/mol. The van der Waals surface area contributed by atoms with Crippen molar-refractivity contribution in [3.63, 3.8) is 0 Å². The molecule has 7 rings (SSSR count). The Balaban J connectivity index is 1.27. The zero-order chi connectivity index (χ0) is 32.9. The van der Waals surface area contributed by atoms with Gasteiger partial charge < -0.3 is 9.64 Å². The van der Waals surface area contributed by atoms with Gasteiger partial charge in [-0.2, -0.15) is 0 Å². The van der Waals surface area contributed by atoms with Crippen molar-refractivity contribution >= 4 is 23.0 Å². The Morgan fingerprint density at radius 3 is 1.66 bits per heavy atom. The van der Waals surface area contributed by atoms with Crippen molar-refractivity contribution in [1.82, 2.24) is 0 Å². The second-order valence-corrected chi connectivity index (χ2v) is 14.3. The van der Waals surface area contributed by atoms with Gasteiger partial charge in [0.1, 0.15) is 0 Å². The predicted molar refractivity (Wildman–Crippen MR) is 195 cm³/mol. The third-order valence-electron chi connectivity index (χ3n) is 10.5. The molecule has 2 aliphatic rings. The molecule has 236 valence electrons. The van der Waals surface area contributed by atoms with E-state index in [1.165, 1.54) is 56.1 Å². The first-order valence-corrected chi connectivity index (χ1v) is 16.8. The number of anilines is 3. The molecule has 1 atom stereocenters. The quantitative estimate of drug-likeness (QED) is 0.122. The molecule has 0 fully saturated rings. The van der Waals surface area contributed by atoms with Gasteiger partial charge in [0.25, 0.3) is 0 Å². The predicted octanol–water partition coefficient (Wildman–Crippen LogP) is 11.1. The standard InChI is InChI=1S/C44H43NO2/c1-7-42(46)47-25-24-29(2)26-30-16-18-31(19-17-30)45(32-20-22-36-34-12-8-10-14-38(34)43(3,4)40(36)27-32)33-21-23-37-35-13-9-11-15-39(35)44(5,6)41(37)28-33/h7-23,27-29H,1,24-26H2,2-6H3. The van der Waals surface area contributed by atoms with Crippen LogP contribution in [0.1, 0.15) is 68.9 Å². The third kappa shape index (κ3) is 5.28. The molecule has 0 saturated carbocycles. The summed E-state index contributed by atoms with van der Waals surface area (Å²) >= 11 is 0. The average molecular weight is 618 g/mol. The van der Waals surface area contributed by atoms with E-state index >= 15 is 0 Å². The molecule has 0 aromatic heterocycles. The molecule has 0 radical (unpaired) electrons. The molecule has 3 heteroatoms. The largest absolute Gasteiger partial charge is 0.463 e. The summed E-state index contributed by atoms with van der Waals surface area (Å²) in [6.45, 7) is 15.5. The number of hydrogen-bond acceptors (Lipinski definition) is 3. The first-order valence-electron chi connectivity index (χ1n) is 16.8. The lowest BCUT2D eigenvalue weighted by molar-refractivity contribution is -0.138. The van der Waals surface area contributed by atoms with E-state index in [0.29, 0.717) is 12.5 Å². The fourth-order valence-electron chi connectivity index (χ4n) is 7.82.